The van der Waals surface area contributed by atoms with Crippen LogP contribution in [0.5, 0.6) is 0 Å². The van der Waals surface area contributed by atoms with Crippen LogP contribution in [0.3, 0.4) is 0 Å². The summed E-state index contributed by atoms with van der Waals surface area (Å²) < 4.78 is 27.5. The van der Waals surface area contributed by atoms with E-state index in [1.807, 2.05) is 0 Å². The fourth-order valence-corrected chi connectivity index (χ4v) is 4.54. The fourth-order valence-electron chi connectivity index (χ4n) is 3.53. The first-order valence-corrected chi connectivity index (χ1v) is 12.2. The van der Waals surface area contributed by atoms with Crippen LogP contribution in [0.15, 0.2) is 65.1 Å². The number of carbonyl (C=O) groups is 2. The van der Waals surface area contributed by atoms with E-state index in [0.29, 0.717) is 17.8 Å². The largest absolute Gasteiger partial charge is 0.352 e. The van der Waals surface area contributed by atoms with Crippen molar-refractivity contribution in [1.82, 2.24) is 10.0 Å². The zero-order valence-corrected chi connectivity index (χ0v) is 19.0. The van der Waals surface area contributed by atoms with Crippen molar-refractivity contribution >= 4 is 27.5 Å². The number of rotatable bonds is 9. The SMILES string of the molecule is CC(=O)Nc1ccc(S(=O)(=O)NCc2ccc(C(=O)NCCC3=CCCCC3)cc2)cc1. The molecule has 0 unspecified atom stereocenters. The molecule has 3 N–H and O–H groups in total. The molecule has 3 rings (SSSR count). The Hall–Kier alpha value is -2.97. The minimum Gasteiger partial charge on any atom is -0.352 e. The van der Waals surface area contributed by atoms with Gasteiger partial charge in [-0.05, 0) is 74.1 Å². The first-order chi connectivity index (χ1) is 15.3. The van der Waals surface area contributed by atoms with Crippen LogP contribution in [-0.4, -0.2) is 26.8 Å². The van der Waals surface area contributed by atoms with E-state index in [-0.39, 0.29) is 23.3 Å². The number of sulfonamides is 1. The minimum absolute atomic E-state index is 0.103. The van der Waals surface area contributed by atoms with Crippen molar-refractivity contribution in [2.24, 2.45) is 0 Å². The molecule has 2 amide bonds. The second-order valence-electron chi connectivity index (χ2n) is 7.84. The lowest BCUT2D eigenvalue weighted by atomic mass is 9.97. The summed E-state index contributed by atoms with van der Waals surface area (Å²) in [5.41, 5.74) is 3.24. The van der Waals surface area contributed by atoms with Crippen LogP contribution in [-0.2, 0) is 21.4 Å². The van der Waals surface area contributed by atoms with Crippen molar-refractivity contribution in [3.63, 3.8) is 0 Å². The Bertz CT molecular complexity index is 1080. The van der Waals surface area contributed by atoms with Crippen molar-refractivity contribution in [3.8, 4) is 0 Å². The number of hydrogen-bond acceptors (Lipinski definition) is 4. The average Bonchev–Trinajstić information content (AvgIpc) is 2.79. The molecule has 32 heavy (non-hydrogen) atoms. The molecule has 0 saturated carbocycles. The number of anilines is 1. The predicted octanol–water partition coefficient (Wildman–Crippen LogP) is 3.74. The van der Waals surface area contributed by atoms with Gasteiger partial charge in [0.1, 0.15) is 0 Å². The first kappa shape index (κ1) is 23.7. The maximum atomic E-state index is 12.5. The molecule has 7 nitrogen and oxygen atoms in total. The molecule has 0 radical (unpaired) electrons. The molecule has 0 saturated heterocycles. The lowest BCUT2D eigenvalue weighted by molar-refractivity contribution is -0.114. The maximum Gasteiger partial charge on any atom is 0.251 e. The Morgan fingerprint density at radius 2 is 1.69 bits per heavy atom. The van der Waals surface area contributed by atoms with Gasteiger partial charge in [0.15, 0.2) is 0 Å². The van der Waals surface area contributed by atoms with Crippen molar-refractivity contribution in [2.75, 3.05) is 11.9 Å². The van der Waals surface area contributed by atoms with Gasteiger partial charge in [0, 0.05) is 31.3 Å². The zero-order chi connectivity index (χ0) is 23.0. The Labute approximate surface area is 189 Å². The molecule has 170 valence electrons. The number of allylic oxidation sites excluding steroid dienone is 1. The Morgan fingerprint density at radius 3 is 2.31 bits per heavy atom. The molecule has 0 fully saturated rings. The molecule has 2 aromatic rings. The van der Waals surface area contributed by atoms with Crippen LogP contribution in [0.4, 0.5) is 5.69 Å². The molecule has 1 aliphatic rings. The molecule has 0 aromatic heterocycles. The quantitative estimate of drug-likeness (QED) is 0.501. The van der Waals surface area contributed by atoms with E-state index >= 15 is 0 Å². The average molecular weight is 456 g/mol. The van der Waals surface area contributed by atoms with Crippen molar-refractivity contribution in [2.45, 2.75) is 50.5 Å². The lowest BCUT2D eigenvalue weighted by Crippen LogP contribution is -2.25. The minimum atomic E-state index is -3.70. The van der Waals surface area contributed by atoms with Gasteiger partial charge in [0.05, 0.1) is 4.90 Å². The molecule has 2 aromatic carbocycles. The number of hydrogen-bond donors (Lipinski definition) is 3. The van der Waals surface area contributed by atoms with Gasteiger partial charge in [-0.25, -0.2) is 13.1 Å². The molecular weight excluding hydrogens is 426 g/mol. The van der Waals surface area contributed by atoms with Crippen LogP contribution >= 0.6 is 0 Å². The van der Waals surface area contributed by atoms with Gasteiger partial charge in [-0.2, -0.15) is 0 Å². The summed E-state index contributed by atoms with van der Waals surface area (Å²) in [5, 5.41) is 5.54. The molecule has 0 atom stereocenters. The van der Waals surface area contributed by atoms with Gasteiger partial charge in [0.25, 0.3) is 5.91 Å². The van der Waals surface area contributed by atoms with E-state index in [1.54, 1.807) is 24.3 Å². The topological polar surface area (TPSA) is 104 Å². The van der Waals surface area contributed by atoms with E-state index < -0.39 is 10.0 Å². The number of benzene rings is 2. The third-order valence-corrected chi connectivity index (χ3v) is 6.70. The van der Waals surface area contributed by atoms with E-state index in [2.05, 4.69) is 21.4 Å². The number of nitrogens with one attached hydrogen (secondary N) is 3. The van der Waals surface area contributed by atoms with Gasteiger partial charge in [-0.1, -0.05) is 23.8 Å². The molecule has 0 heterocycles. The van der Waals surface area contributed by atoms with E-state index in [0.717, 1.165) is 24.8 Å². The smallest absolute Gasteiger partial charge is 0.251 e. The van der Waals surface area contributed by atoms with E-state index in [1.165, 1.54) is 49.6 Å². The highest BCUT2D eigenvalue weighted by Gasteiger charge is 2.14. The zero-order valence-electron chi connectivity index (χ0n) is 18.2. The van der Waals surface area contributed by atoms with Crippen LogP contribution in [0.2, 0.25) is 0 Å². The van der Waals surface area contributed by atoms with Gasteiger partial charge in [0.2, 0.25) is 15.9 Å². The fraction of sp³-hybridized carbons (Fsp3) is 0.333. The predicted molar refractivity (Wildman–Crippen MR) is 125 cm³/mol. The van der Waals surface area contributed by atoms with Gasteiger partial charge in [-0.3, -0.25) is 9.59 Å². The highest BCUT2D eigenvalue weighted by molar-refractivity contribution is 7.89. The summed E-state index contributed by atoms with van der Waals surface area (Å²) in [6.07, 6.45) is 7.91. The Morgan fingerprint density at radius 1 is 0.969 bits per heavy atom. The monoisotopic (exact) mass is 455 g/mol. The third-order valence-electron chi connectivity index (χ3n) is 5.28. The number of amides is 2. The molecule has 8 heteroatoms. The first-order valence-electron chi connectivity index (χ1n) is 10.8. The highest BCUT2D eigenvalue weighted by atomic mass is 32.2. The summed E-state index contributed by atoms with van der Waals surface area (Å²) in [4.78, 5) is 23.5. The maximum absolute atomic E-state index is 12.5. The normalized spacial score (nSPS) is 13.8. The second kappa shape index (κ2) is 11.1. The molecule has 0 bridgehead atoms. The van der Waals surface area contributed by atoms with E-state index in [9.17, 15) is 18.0 Å². The summed E-state index contributed by atoms with van der Waals surface area (Å²) in [5.74, 6) is -0.356. The van der Waals surface area contributed by atoms with Gasteiger partial charge >= 0.3 is 0 Å². The molecule has 1 aliphatic carbocycles. The summed E-state index contributed by atoms with van der Waals surface area (Å²) >= 11 is 0. The molecule has 0 spiro atoms. The third kappa shape index (κ3) is 7.03. The second-order valence-corrected chi connectivity index (χ2v) is 9.61. The Balaban J connectivity index is 1.49. The number of carbonyl (C=O) groups excluding carboxylic acids is 2. The summed E-state index contributed by atoms with van der Waals surface area (Å²) in [7, 11) is -3.70. The van der Waals surface area contributed by atoms with Crippen molar-refractivity contribution in [3.05, 3.63) is 71.3 Å². The van der Waals surface area contributed by atoms with E-state index in [4.69, 9.17) is 0 Å². The van der Waals surface area contributed by atoms with Crippen LogP contribution in [0, 0.1) is 0 Å². The standard InChI is InChI=1S/C24H29N3O4S/c1-18(28)27-22-11-13-23(14-12-22)32(30,31)26-17-20-7-9-21(10-8-20)24(29)25-16-15-19-5-3-2-4-6-19/h5,7-14,26H,2-4,6,15-17H2,1H3,(H,25,29)(H,27,28). The van der Waals surface area contributed by atoms with Gasteiger partial charge < -0.3 is 10.6 Å². The highest BCUT2D eigenvalue weighted by Crippen LogP contribution is 2.19. The lowest BCUT2D eigenvalue weighted by Gasteiger charge is -2.13. The van der Waals surface area contributed by atoms with Gasteiger partial charge in [-0.15, -0.1) is 0 Å². The van der Waals surface area contributed by atoms with Crippen LogP contribution in [0.25, 0.3) is 0 Å². The summed E-state index contributed by atoms with van der Waals surface area (Å²) in [6, 6.07) is 12.8. The van der Waals surface area contributed by atoms with Crippen molar-refractivity contribution in [1.29, 1.82) is 0 Å². The van der Waals surface area contributed by atoms with Crippen LogP contribution < -0.4 is 15.4 Å². The Kier molecular flexibility index (Phi) is 8.19. The summed E-state index contributed by atoms with van der Waals surface area (Å²) in [6.45, 7) is 2.11. The van der Waals surface area contributed by atoms with Crippen molar-refractivity contribution < 1.29 is 18.0 Å². The molecule has 0 aliphatic heterocycles. The van der Waals surface area contributed by atoms with Crippen LogP contribution in [0.1, 0.15) is 54.9 Å². The molecular formula is C24H29N3O4S.